The first kappa shape index (κ1) is 9.51. The molecule has 1 unspecified atom stereocenters. The Balaban J connectivity index is 1.91. The van der Waals surface area contributed by atoms with E-state index in [2.05, 4.69) is 13.8 Å². The second-order valence-corrected chi connectivity index (χ2v) is 5.69. The van der Waals surface area contributed by atoms with Gasteiger partial charge in [0, 0.05) is 0 Å². The summed E-state index contributed by atoms with van der Waals surface area (Å²) in [7, 11) is 0. The third kappa shape index (κ3) is 1.76. The van der Waals surface area contributed by atoms with Crippen molar-refractivity contribution in [2.45, 2.75) is 64.4 Å². The molecule has 0 aliphatic heterocycles. The van der Waals surface area contributed by atoms with Crippen LogP contribution in [0.3, 0.4) is 0 Å². The third-order valence-electron chi connectivity index (χ3n) is 4.46. The summed E-state index contributed by atoms with van der Waals surface area (Å²) < 4.78 is 0. The Bertz CT molecular complexity index is 185. The summed E-state index contributed by atoms with van der Waals surface area (Å²) in [6.07, 6.45) is 8.98. The van der Waals surface area contributed by atoms with Gasteiger partial charge in [0.25, 0.3) is 0 Å². The molecule has 2 rings (SSSR count). The SMILES string of the molecule is CC(O)(CC1CCCC1)C1(C)CC1. The number of hydrogen-bond donors (Lipinski definition) is 1. The van der Waals surface area contributed by atoms with E-state index >= 15 is 0 Å². The van der Waals surface area contributed by atoms with E-state index in [1.165, 1.54) is 38.5 Å². The molecule has 0 bridgehead atoms. The Hall–Kier alpha value is -0.0400. The van der Waals surface area contributed by atoms with Crippen LogP contribution in [0.25, 0.3) is 0 Å². The van der Waals surface area contributed by atoms with Crippen molar-refractivity contribution >= 4 is 0 Å². The zero-order chi connectivity index (χ0) is 9.53. The first-order valence-corrected chi connectivity index (χ1v) is 5.76. The second-order valence-electron chi connectivity index (χ2n) is 5.69. The van der Waals surface area contributed by atoms with Crippen molar-refractivity contribution < 1.29 is 5.11 Å². The zero-order valence-electron chi connectivity index (χ0n) is 8.97. The van der Waals surface area contributed by atoms with Crippen molar-refractivity contribution in [2.24, 2.45) is 11.3 Å². The van der Waals surface area contributed by atoms with Crippen LogP contribution in [-0.4, -0.2) is 10.7 Å². The fourth-order valence-corrected chi connectivity index (χ4v) is 2.75. The average molecular weight is 182 g/mol. The highest BCUT2D eigenvalue weighted by atomic mass is 16.3. The summed E-state index contributed by atoms with van der Waals surface area (Å²) in [5.41, 5.74) is -0.127. The Morgan fingerprint density at radius 1 is 1.31 bits per heavy atom. The molecule has 1 N–H and O–H groups in total. The van der Waals surface area contributed by atoms with Crippen LogP contribution in [0.1, 0.15) is 58.8 Å². The quantitative estimate of drug-likeness (QED) is 0.711. The van der Waals surface area contributed by atoms with Gasteiger partial charge in [0.1, 0.15) is 0 Å². The van der Waals surface area contributed by atoms with Crippen molar-refractivity contribution in [1.29, 1.82) is 0 Å². The normalized spacial score (nSPS) is 31.6. The molecule has 0 radical (unpaired) electrons. The second kappa shape index (κ2) is 2.98. The monoisotopic (exact) mass is 182 g/mol. The van der Waals surface area contributed by atoms with Gasteiger partial charge in [-0.3, -0.25) is 0 Å². The fraction of sp³-hybridized carbons (Fsp3) is 1.00. The molecule has 2 fully saturated rings. The average Bonchev–Trinajstić information content (AvgIpc) is 2.63. The molecule has 0 saturated heterocycles. The standard InChI is InChI=1S/C12H22O/c1-11(7-8-11)12(2,13)9-10-5-3-4-6-10/h10,13H,3-9H2,1-2H3. The Labute approximate surface area is 81.5 Å². The van der Waals surface area contributed by atoms with Crippen LogP contribution >= 0.6 is 0 Å². The summed E-state index contributed by atoms with van der Waals surface area (Å²) in [6, 6.07) is 0. The fourth-order valence-electron chi connectivity index (χ4n) is 2.75. The van der Waals surface area contributed by atoms with E-state index in [9.17, 15) is 5.11 Å². The van der Waals surface area contributed by atoms with Crippen LogP contribution in [0.4, 0.5) is 0 Å². The molecule has 2 aliphatic rings. The molecule has 0 aromatic heterocycles. The van der Waals surface area contributed by atoms with Crippen molar-refractivity contribution in [3.05, 3.63) is 0 Å². The first-order valence-electron chi connectivity index (χ1n) is 5.76. The van der Waals surface area contributed by atoms with E-state index in [-0.39, 0.29) is 11.0 Å². The van der Waals surface area contributed by atoms with Gasteiger partial charge in [-0.1, -0.05) is 32.6 Å². The summed E-state index contributed by atoms with van der Waals surface area (Å²) in [5, 5.41) is 10.4. The van der Waals surface area contributed by atoms with E-state index in [0.717, 1.165) is 12.3 Å². The van der Waals surface area contributed by atoms with Crippen LogP contribution < -0.4 is 0 Å². The van der Waals surface area contributed by atoms with Gasteiger partial charge in [0.2, 0.25) is 0 Å². The predicted molar refractivity (Wildman–Crippen MR) is 54.5 cm³/mol. The lowest BCUT2D eigenvalue weighted by molar-refractivity contribution is -0.0281. The molecule has 2 aliphatic carbocycles. The molecular formula is C12H22O. The largest absolute Gasteiger partial charge is 0.390 e. The van der Waals surface area contributed by atoms with E-state index in [1.807, 2.05) is 0 Å². The maximum Gasteiger partial charge on any atom is 0.0675 e. The van der Waals surface area contributed by atoms with Crippen LogP contribution in [0.15, 0.2) is 0 Å². The van der Waals surface area contributed by atoms with Gasteiger partial charge in [-0.15, -0.1) is 0 Å². The minimum atomic E-state index is -0.387. The topological polar surface area (TPSA) is 20.2 Å². The van der Waals surface area contributed by atoms with Gasteiger partial charge in [0.05, 0.1) is 5.60 Å². The van der Waals surface area contributed by atoms with Crippen molar-refractivity contribution in [3.63, 3.8) is 0 Å². The molecule has 0 heterocycles. The Morgan fingerprint density at radius 3 is 2.31 bits per heavy atom. The van der Waals surface area contributed by atoms with Gasteiger partial charge in [-0.05, 0) is 37.5 Å². The van der Waals surface area contributed by atoms with E-state index < -0.39 is 0 Å². The zero-order valence-corrected chi connectivity index (χ0v) is 8.97. The van der Waals surface area contributed by atoms with Crippen molar-refractivity contribution in [1.82, 2.24) is 0 Å². The summed E-state index contributed by atoms with van der Waals surface area (Å²) in [6.45, 7) is 4.29. The maximum atomic E-state index is 10.4. The van der Waals surface area contributed by atoms with Gasteiger partial charge in [0.15, 0.2) is 0 Å². The van der Waals surface area contributed by atoms with E-state index in [0.29, 0.717) is 0 Å². The molecule has 1 atom stereocenters. The molecule has 1 heteroatoms. The molecule has 0 spiro atoms. The van der Waals surface area contributed by atoms with Crippen LogP contribution in [0.2, 0.25) is 0 Å². The summed E-state index contributed by atoms with van der Waals surface area (Å²) in [4.78, 5) is 0. The smallest absolute Gasteiger partial charge is 0.0675 e. The molecule has 0 aromatic rings. The predicted octanol–water partition coefficient (Wildman–Crippen LogP) is 3.12. The van der Waals surface area contributed by atoms with Gasteiger partial charge in [-0.2, -0.15) is 0 Å². The minimum absolute atomic E-state index is 0.260. The summed E-state index contributed by atoms with van der Waals surface area (Å²) >= 11 is 0. The van der Waals surface area contributed by atoms with Crippen LogP contribution in [0.5, 0.6) is 0 Å². The van der Waals surface area contributed by atoms with Crippen LogP contribution in [0, 0.1) is 11.3 Å². The van der Waals surface area contributed by atoms with Gasteiger partial charge in [-0.25, -0.2) is 0 Å². The Kier molecular flexibility index (Phi) is 2.18. The highest BCUT2D eigenvalue weighted by Crippen LogP contribution is 2.56. The third-order valence-corrected chi connectivity index (χ3v) is 4.46. The first-order chi connectivity index (χ1) is 6.04. The van der Waals surface area contributed by atoms with E-state index in [4.69, 9.17) is 0 Å². The van der Waals surface area contributed by atoms with Gasteiger partial charge < -0.3 is 5.11 Å². The van der Waals surface area contributed by atoms with E-state index in [1.54, 1.807) is 0 Å². The summed E-state index contributed by atoms with van der Waals surface area (Å²) in [5.74, 6) is 0.812. The highest BCUT2D eigenvalue weighted by molar-refractivity contribution is 5.03. The molecular weight excluding hydrogens is 160 g/mol. The van der Waals surface area contributed by atoms with Crippen molar-refractivity contribution in [2.75, 3.05) is 0 Å². The molecule has 0 aromatic carbocycles. The van der Waals surface area contributed by atoms with Crippen LogP contribution in [-0.2, 0) is 0 Å². The molecule has 76 valence electrons. The van der Waals surface area contributed by atoms with Crippen molar-refractivity contribution in [3.8, 4) is 0 Å². The number of hydrogen-bond acceptors (Lipinski definition) is 1. The van der Waals surface area contributed by atoms with Gasteiger partial charge >= 0.3 is 0 Å². The lowest BCUT2D eigenvalue weighted by Gasteiger charge is -2.33. The molecule has 1 nitrogen and oxygen atoms in total. The lowest BCUT2D eigenvalue weighted by Crippen LogP contribution is -2.36. The minimum Gasteiger partial charge on any atom is -0.390 e. The highest BCUT2D eigenvalue weighted by Gasteiger charge is 2.52. The number of rotatable bonds is 3. The number of aliphatic hydroxyl groups is 1. The molecule has 2 saturated carbocycles. The Morgan fingerprint density at radius 2 is 1.85 bits per heavy atom. The lowest BCUT2D eigenvalue weighted by atomic mass is 9.79. The molecule has 0 amide bonds. The maximum absolute atomic E-state index is 10.4. The molecule has 13 heavy (non-hydrogen) atoms.